The third-order valence-electron chi connectivity index (χ3n) is 4.27. The summed E-state index contributed by atoms with van der Waals surface area (Å²) in [4.78, 5) is 1.67. The van der Waals surface area contributed by atoms with E-state index in [9.17, 15) is 43.2 Å². The first-order valence-corrected chi connectivity index (χ1v) is 11.4. The normalized spacial score (nSPS) is 17.1. The number of fused-ring (bicyclic) bond motifs is 1. The number of hydrogen-bond donors (Lipinski definition) is 1. The van der Waals surface area contributed by atoms with Crippen molar-refractivity contribution in [2.24, 2.45) is 0 Å². The summed E-state index contributed by atoms with van der Waals surface area (Å²) in [6, 6.07) is 2.54. The highest BCUT2D eigenvalue weighted by Gasteiger charge is 2.47. The van der Waals surface area contributed by atoms with E-state index >= 15 is 0 Å². The van der Waals surface area contributed by atoms with Crippen molar-refractivity contribution < 1.29 is 47.9 Å². The zero-order chi connectivity index (χ0) is 23.4. The molecule has 0 bridgehead atoms. The number of rotatable bonds is 4. The predicted molar refractivity (Wildman–Crippen MR) is 93.6 cm³/mol. The molecule has 15 heteroatoms. The van der Waals surface area contributed by atoms with Crippen LogP contribution in [0, 0.1) is 0 Å². The van der Waals surface area contributed by atoms with Gasteiger partial charge < -0.3 is 10.1 Å². The van der Waals surface area contributed by atoms with Gasteiger partial charge in [-0.1, -0.05) is 6.92 Å². The first-order chi connectivity index (χ1) is 14.1. The Morgan fingerprint density at radius 1 is 1.06 bits per heavy atom. The fourth-order valence-electron chi connectivity index (χ4n) is 2.66. The molecule has 0 saturated carbocycles. The number of anilines is 1. The highest BCUT2D eigenvalue weighted by atomic mass is 32.2. The molecule has 0 amide bonds. The standard InChI is InChI=1S/C16H12F6N2O5S2/c1-2-30(25,26)12-5-8(15(17,18)19)7-23-13(12)14-24-10-6-9(3-4-11(10)29-14)31(27,28)16(20,21)22/h3-7,14,24H,2H2,1H3. The maximum Gasteiger partial charge on any atom is 0.501 e. The molecule has 1 atom stereocenters. The SMILES string of the molecule is CCS(=O)(=O)c1cc(C(F)(F)F)cnc1C1Nc2cc(S(=O)(=O)C(F)(F)F)ccc2O1. The van der Waals surface area contributed by atoms with Crippen LogP contribution >= 0.6 is 0 Å². The van der Waals surface area contributed by atoms with Crippen LogP contribution in [0.3, 0.4) is 0 Å². The van der Waals surface area contributed by atoms with Gasteiger partial charge in [0.15, 0.2) is 9.84 Å². The average Bonchev–Trinajstić information content (AvgIpc) is 3.09. The second-order valence-corrected chi connectivity index (χ2v) is 10.4. The molecule has 1 aromatic carbocycles. The lowest BCUT2D eigenvalue weighted by molar-refractivity contribution is -0.138. The lowest BCUT2D eigenvalue weighted by Gasteiger charge is -2.17. The molecule has 0 aliphatic carbocycles. The maximum atomic E-state index is 13.0. The summed E-state index contributed by atoms with van der Waals surface area (Å²) in [7, 11) is -9.88. The van der Waals surface area contributed by atoms with Gasteiger partial charge in [0.05, 0.1) is 26.8 Å². The fraction of sp³-hybridized carbons (Fsp3) is 0.312. The Labute approximate surface area is 171 Å². The summed E-state index contributed by atoms with van der Waals surface area (Å²) < 4.78 is 130. The van der Waals surface area contributed by atoms with Crippen LogP contribution < -0.4 is 10.1 Å². The Morgan fingerprint density at radius 2 is 1.71 bits per heavy atom. The number of aromatic nitrogens is 1. The summed E-state index contributed by atoms with van der Waals surface area (Å²) in [5.74, 6) is -0.705. The van der Waals surface area contributed by atoms with Gasteiger partial charge >= 0.3 is 11.7 Å². The topological polar surface area (TPSA) is 102 Å². The fourth-order valence-corrected chi connectivity index (χ4v) is 4.54. The molecule has 170 valence electrons. The molecular weight excluding hydrogens is 478 g/mol. The van der Waals surface area contributed by atoms with Crippen LogP contribution in [0.1, 0.15) is 24.4 Å². The van der Waals surface area contributed by atoms with E-state index in [1.165, 1.54) is 6.92 Å². The second-order valence-electron chi connectivity index (χ2n) is 6.26. The molecule has 1 aliphatic rings. The van der Waals surface area contributed by atoms with Crippen molar-refractivity contribution in [2.75, 3.05) is 11.1 Å². The number of ether oxygens (including phenoxy) is 1. The molecule has 0 spiro atoms. The van der Waals surface area contributed by atoms with Crippen LogP contribution in [0.25, 0.3) is 0 Å². The van der Waals surface area contributed by atoms with Gasteiger partial charge in [-0.05, 0) is 24.3 Å². The second kappa shape index (κ2) is 7.25. The minimum atomic E-state index is -5.67. The molecular formula is C16H12F6N2O5S2. The largest absolute Gasteiger partial charge is 0.501 e. The number of nitrogens with zero attached hydrogens (tertiary/aromatic N) is 1. The lowest BCUT2D eigenvalue weighted by atomic mass is 10.2. The van der Waals surface area contributed by atoms with E-state index in [2.05, 4.69) is 10.3 Å². The van der Waals surface area contributed by atoms with Gasteiger partial charge in [-0.2, -0.15) is 26.3 Å². The van der Waals surface area contributed by atoms with Gasteiger partial charge in [0, 0.05) is 6.20 Å². The van der Waals surface area contributed by atoms with Crippen molar-refractivity contribution in [3.05, 3.63) is 41.7 Å². The third kappa shape index (κ3) is 4.15. The number of hydrogen-bond acceptors (Lipinski definition) is 7. The quantitative estimate of drug-likeness (QED) is 0.653. The molecule has 3 rings (SSSR count). The molecule has 31 heavy (non-hydrogen) atoms. The Hall–Kier alpha value is -2.55. The highest BCUT2D eigenvalue weighted by Crippen LogP contribution is 2.42. The summed E-state index contributed by atoms with van der Waals surface area (Å²) >= 11 is 0. The number of alkyl halides is 6. The minimum Gasteiger partial charge on any atom is -0.463 e. The highest BCUT2D eigenvalue weighted by molar-refractivity contribution is 7.92. The zero-order valence-electron chi connectivity index (χ0n) is 15.2. The smallest absolute Gasteiger partial charge is 0.463 e. The lowest BCUT2D eigenvalue weighted by Crippen LogP contribution is -2.23. The van der Waals surface area contributed by atoms with E-state index in [4.69, 9.17) is 4.74 Å². The van der Waals surface area contributed by atoms with Gasteiger partial charge in [0.25, 0.3) is 9.84 Å². The molecule has 0 fully saturated rings. The Balaban J connectivity index is 2.05. The van der Waals surface area contributed by atoms with Crippen molar-refractivity contribution in [1.29, 1.82) is 0 Å². The summed E-state index contributed by atoms with van der Waals surface area (Å²) in [5.41, 5.74) is -7.59. The van der Waals surface area contributed by atoms with Gasteiger partial charge in [-0.15, -0.1) is 0 Å². The molecule has 1 aliphatic heterocycles. The van der Waals surface area contributed by atoms with Crippen LogP contribution in [0.5, 0.6) is 5.75 Å². The Bertz CT molecular complexity index is 1240. The van der Waals surface area contributed by atoms with E-state index in [-0.39, 0.29) is 11.4 Å². The van der Waals surface area contributed by atoms with E-state index in [1.807, 2.05) is 0 Å². The van der Waals surface area contributed by atoms with Crippen molar-refractivity contribution >= 4 is 25.4 Å². The summed E-state index contributed by atoms with van der Waals surface area (Å²) in [6.07, 6.45) is -5.98. The van der Waals surface area contributed by atoms with Crippen LogP contribution in [0.2, 0.25) is 0 Å². The molecule has 2 aromatic rings. The first kappa shape index (κ1) is 23.1. The summed E-state index contributed by atoms with van der Waals surface area (Å²) in [5, 5.41) is 2.45. The van der Waals surface area contributed by atoms with Gasteiger partial charge in [-0.25, -0.2) is 16.8 Å². The molecule has 1 aromatic heterocycles. The third-order valence-corrected chi connectivity index (χ3v) is 7.51. The zero-order valence-corrected chi connectivity index (χ0v) is 16.9. The summed E-state index contributed by atoms with van der Waals surface area (Å²) in [6.45, 7) is 1.20. The van der Waals surface area contributed by atoms with Crippen LogP contribution in [0.15, 0.2) is 40.3 Å². The molecule has 7 nitrogen and oxygen atoms in total. The Kier molecular flexibility index (Phi) is 5.41. The van der Waals surface area contributed by atoms with Gasteiger partial charge in [0.1, 0.15) is 11.4 Å². The van der Waals surface area contributed by atoms with Crippen molar-refractivity contribution in [3.63, 3.8) is 0 Å². The molecule has 1 unspecified atom stereocenters. The van der Waals surface area contributed by atoms with E-state index in [0.717, 1.165) is 6.07 Å². The van der Waals surface area contributed by atoms with Gasteiger partial charge in [0.2, 0.25) is 6.23 Å². The van der Waals surface area contributed by atoms with E-state index in [1.54, 1.807) is 0 Å². The number of halogens is 6. The average molecular weight is 490 g/mol. The van der Waals surface area contributed by atoms with Gasteiger partial charge in [-0.3, -0.25) is 4.98 Å². The van der Waals surface area contributed by atoms with E-state index in [0.29, 0.717) is 24.4 Å². The van der Waals surface area contributed by atoms with Crippen molar-refractivity contribution in [3.8, 4) is 5.75 Å². The number of sulfone groups is 2. The number of pyridine rings is 1. The minimum absolute atomic E-state index is 0.146. The number of nitrogens with one attached hydrogen (secondary N) is 1. The molecule has 1 N–H and O–H groups in total. The maximum absolute atomic E-state index is 13.0. The monoisotopic (exact) mass is 490 g/mol. The van der Waals surface area contributed by atoms with Crippen LogP contribution in [0.4, 0.5) is 32.0 Å². The van der Waals surface area contributed by atoms with Crippen molar-refractivity contribution in [2.45, 2.75) is 34.6 Å². The van der Waals surface area contributed by atoms with Crippen LogP contribution in [-0.4, -0.2) is 33.1 Å². The van der Waals surface area contributed by atoms with E-state index < -0.39 is 64.4 Å². The first-order valence-electron chi connectivity index (χ1n) is 8.26. The molecule has 0 radical (unpaired) electrons. The Morgan fingerprint density at radius 3 is 2.26 bits per heavy atom. The molecule has 2 heterocycles. The number of benzene rings is 1. The predicted octanol–water partition coefficient (Wildman–Crippen LogP) is 3.69. The van der Waals surface area contributed by atoms with Crippen LogP contribution in [-0.2, 0) is 25.9 Å². The van der Waals surface area contributed by atoms with Crippen molar-refractivity contribution in [1.82, 2.24) is 4.98 Å². The molecule has 0 saturated heterocycles.